The molecular formula is C10H21BrO2. The summed E-state index contributed by atoms with van der Waals surface area (Å²) in [6, 6.07) is 0. The number of rotatable bonds is 0. The van der Waals surface area contributed by atoms with E-state index < -0.39 is 0 Å². The van der Waals surface area contributed by atoms with Gasteiger partial charge in [0.1, 0.15) is 0 Å². The number of hydrogen-bond acceptors (Lipinski definition) is 2. The predicted octanol–water partition coefficient (Wildman–Crippen LogP) is 2.95. The van der Waals surface area contributed by atoms with E-state index in [1.54, 1.807) is 0 Å². The lowest BCUT2D eigenvalue weighted by Crippen LogP contribution is -2.03. The van der Waals surface area contributed by atoms with Crippen molar-refractivity contribution in [1.82, 2.24) is 0 Å². The molecule has 0 aromatic carbocycles. The van der Waals surface area contributed by atoms with Gasteiger partial charge < -0.3 is 9.47 Å². The molecule has 2 heterocycles. The zero-order valence-electron chi connectivity index (χ0n) is 8.30. The van der Waals surface area contributed by atoms with E-state index in [4.69, 9.17) is 9.47 Å². The molecule has 0 N–H and O–H groups in total. The van der Waals surface area contributed by atoms with Crippen molar-refractivity contribution in [3.8, 4) is 0 Å². The van der Waals surface area contributed by atoms with Gasteiger partial charge >= 0.3 is 0 Å². The van der Waals surface area contributed by atoms with Crippen LogP contribution in [0.25, 0.3) is 0 Å². The first kappa shape index (κ1) is 13.4. The van der Waals surface area contributed by atoms with Gasteiger partial charge in [-0.15, -0.1) is 17.0 Å². The molecule has 0 atom stereocenters. The van der Waals surface area contributed by atoms with E-state index in [2.05, 4.69) is 0 Å². The lowest BCUT2D eigenvalue weighted by atomic mass is 10.2. The molecule has 0 bridgehead atoms. The normalized spacial score (nSPS) is 22.2. The second-order valence-corrected chi connectivity index (χ2v) is 3.35. The molecule has 0 saturated carbocycles. The van der Waals surface area contributed by atoms with E-state index in [1.807, 2.05) is 0 Å². The maximum absolute atomic E-state index is 5.07. The summed E-state index contributed by atoms with van der Waals surface area (Å²) >= 11 is 0. The summed E-state index contributed by atoms with van der Waals surface area (Å²) in [5, 5.41) is 0. The molecule has 2 rings (SSSR count). The minimum absolute atomic E-state index is 0. The highest BCUT2D eigenvalue weighted by atomic mass is 79.9. The van der Waals surface area contributed by atoms with Crippen molar-refractivity contribution in [2.75, 3.05) is 26.4 Å². The Labute approximate surface area is 91.8 Å². The molecule has 13 heavy (non-hydrogen) atoms. The van der Waals surface area contributed by atoms with Crippen LogP contribution >= 0.6 is 17.0 Å². The Morgan fingerprint density at radius 2 is 0.769 bits per heavy atom. The number of hydrogen-bond donors (Lipinski definition) is 0. The van der Waals surface area contributed by atoms with Crippen molar-refractivity contribution in [2.24, 2.45) is 0 Å². The van der Waals surface area contributed by atoms with Crippen LogP contribution in [0.4, 0.5) is 0 Å². The fraction of sp³-hybridized carbons (Fsp3) is 1.00. The van der Waals surface area contributed by atoms with Gasteiger partial charge in [0, 0.05) is 26.4 Å². The Balaban J connectivity index is 0.000000206. The van der Waals surface area contributed by atoms with Crippen molar-refractivity contribution in [1.29, 1.82) is 0 Å². The van der Waals surface area contributed by atoms with Crippen LogP contribution in [-0.4, -0.2) is 26.4 Å². The molecule has 0 aromatic rings. The summed E-state index contributed by atoms with van der Waals surface area (Å²) < 4.78 is 10.1. The van der Waals surface area contributed by atoms with Gasteiger partial charge in [0.25, 0.3) is 0 Å². The molecule has 0 aliphatic carbocycles. The molecule has 2 aliphatic rings. The van der Waals surface area contributed by atoms with Crippen LogP contribution in [0.2, 0.25) is 0 Å². The van der Waals surface area contributed by atoms with E-state index in [0.717, 1.165) is 26.4 Å². The minimum Gasteiger partial charge on any atom is -0.381 e. The second kappa shape index (κ2) is 10.5. The second-order valence-electron chi connectivity index (χ2n) is 3.35. The highest BCUT2D eigenvalue weighted by Gasteiger charge is 1.95. The monoisotopic (exact) mass is 252 g/mol. The van der Waals surface area contributed by atoms with E-state index in [9.17, 15) is 0 Å². The van der Waals surface area contributed by atoms with E-state index in [1.165, 1.54) is 38.5 Å². The molecular weight excluding hydrogens is 232 g/mol. The Hall–Kier alpha value is 0.400. The van der Waals surface area contributed by atoms with Gasteiger partial charge in [-0.2, -0.15) is 0 Å². The van der Waals surface area contributed by atoms with Crippen molar-refractivity contribution >= 4 is 17.0 Å². The molecule has 0 spiro atoms. The first-order valence-corrected chi connectivity index (χ1v) is 5.15. The third kappa shape index (κ3) is 8.72. The fourth-order valence-corrected chi connectivity index (χ4v) is 1.37. The van der Waals surface area contributed by atoms with Crippen molar-refractivity contribution in [2.45, 2.75) is 38.5 Å². The minimum atomic E-state index is 0. The topological polar surface area (TPSA) is 18.5 Å². The molecule has 0 unspecified atom stereocenters. The van der Waals surface area contributed by atoms with Crippen LogP contribution in [0.15, 0.2) is 0 Å². The zero-order chi connectivity index (χ0) is 8.49. The third-order valence-electron chi connectivity index (χ3n) is 2.15. The average molecular weight is 253 g/mol. The summed E-state index contributed by atoms with van der Waals surface area (Å²) in [7, 11) is 0. The van der Waals surface area contributed by atoms with Crippen LogP contribution in [0.3, 0.4) is 0 Å². The molecule has 2 fully saturated rings. The van der Waals surface area contributed by atoms with Crippen molar-refractivity contribution < 1.29 is 9.47 Å². The van der Waals surface area contributed by atoms with Crippen molar-refractivity contribution in [3.63, 3.8) is 0 Å². The van der Waals surface area contributed by atoms with E-state index >= 15 is 0 Å². The SMILES string of the molecule is Br.C1CCOCC1.C1CCOCC1. The summed E-state index contributed by atoms with van der Waals surface area (Å²) in [6.07, 6.45) is 7.86. The maximum Gasteiger partial charge on any atom is 0.0466 e. The Morgan fingerprint density at radius 3 is 0.846 bits per heavy atom. The van der Waals surface area contributed by atoms with Gasteiger partial charge in [-0.1, -0.05) is 0 Å². The smallest absolute Gasteiger partial charge is 0.0466 e. The first-order chi connectivity index (χ1) is 6.00. The quantitative estimate of drug-likeness (QED) is 0.660. The van der Waals surface area contributed by atoms with Gasteiger partial charge in [0.15, 0.2) is 0 Å². The van der Waals surface area contributed by atoms with Crippen LogP contribution in [-0.2, 0) is 9.47 Å². The zero-order valence-corrected chi connectivity index (χ0v) is 10.0. The van der Waals surface area contributed by atoms with E-state index in [0.29, 0.717) is 0 Å². The molecule has 2 aliphatic heterocycles. The third-order valence-corrected chi connectivity index (χ3v) is 2.15. The number of ether oxygens (including phenoxy) is 2. The van der Waals surface area contributed by atoms with Gasteiger partial charge in [0.2, 0.25) is 0 Å². The van der Waals surface area contributed by atoms with Gasteiger partial charge in [0.05, 0.1) is 0 Å². The Bertz CT molecular complexity index is 55.9. The summed E-state index contributed by atoms with van der Waals surface area (Å²) in [4.78, 5) is 0. The standard InChI is InChI=1S/2C5H10O.BrH/c2*1-2-4-6-5-3-1;/h2*1-5H2;1H. The molecule has 3 heteroatoms. The highest BCUT2D eigenvalue weighted by molar-refractivity contribution is 8.93. The Kier molecular flexibility index (Phi) is 10.8. The van der Waals surface area contributed by atoms with Crippen LogP contribution in [0, 0.1) is 0 Å². The average Bonchev–Trinajstić information content (AvgIpc) is 2.24. The lowest BCUT2D eigenvalue weighted by molar-refractivity contribution is 0.0967. The molecule has 0 radical (unpaired) electrons. The molecule has 0 amide bonds. The van der Waals surface area contributed by atoms with Crippen LogP contribution in [0.1, 0.15) is 38.5 Å². The van der Waals surface area contributed by atoms with Crippen LogP contribution in [0.5, 0.6) is 0 Å². The largest absolute Gasteiger partial charge is 0.381 e. The maximum atomic E-state index is 5.07. The summed E-state index contributed by atoms with van der Waals surface area (Å²) in [5.41, 5.74) is 0. The van der Waals surface area contributed by atoms with Gasteiger partial charge in [-0.25, -0.2) is 0 Å². The highest BCUT2D eigenvalue weighted by Crippen LogP contribution is 2.02. The van der Waals surface area contributed by atoms with Crippen molar-refractivity contribution in [3.05, 3.63) is 0 Å². The summed E-state index contributed by atoms with van der Waals surface area (Å²) in [6.45, 7) is 4.00. The summed E-state index contributed by atoms with van der Waals surface area (Å²) in [5.74, 6) is 0. The van der Waals surface area contributed by atoms with Crippen LogP contribution < -0.4 is 0 Å². The lowest BCUT2D eigenvalue weighted by Gasteiger charge is -2.08. The molecule has 2 saturated heterocycles. The molecule has 2 nitrogen and oxygen atoms in total. The Morgan fingerprint density at radius 1 is 0.462 bits per heavy atom. The van der Waals surface area contributed by atoms with Gasteiger partial charge in [-0.05, 0) is 38.5 Å². The molecule has 80 valence electrons. The number of halogens is 1. The van der Waals surface area contributed by atoms with E-state index in [-0.39, 0.29) is 17.0 Å². The first-order valence-electron chi connectivity index (χ1n) is 5.15. The predicted molar refractivity (Wildman–Crippen MR) is 59.7 cm³/mol. The fourth-order valence-electron chi connectivity index (χ4n) is 1.37. The van der Waals surface area contributed by atoms with Gasteiger partial charge in [-0.3, -0.25) is 0 Å². The molecule has 0 aromatic heterocycles.